The molecule has 0 heterocycles. The zero-order chi connectivity index (χ0) is 13.8. The van der Waals surface area contributed by atoms with E-state index >= 15 is 0 Å². The van der Waals surface area contributed by atoms with Crippen LogP contribution in [0.15, 0.2) is 35.2 Å². The minimum atomic E-state index is -3.93. The van der Waals surface area contributed by atoms with Gasteiger partial charge in [-0.1, -0.05) is 18.2 Å². The van der Waals surface area contributed by atoms with Crippen molar-refractivity contribution >= 4 is 21.8 Å². The first-order valence-electron chi connectivity index (χ1n) is 5.12. The molecule has 0 spiro atoms. The number of carboxylic acids is 1. The Balaban J connectivity index is 2.93. The monoisotopic (exact) mass is 271 g/mol. The predicted molar refractivity (Wildman–Crippen MR) is 63.5 cm³/mol. The first-order valence-corrected chi connectivity index (χ1v) is 6.61. The number of Topliss-reactive ketones (excluding diaryl/α,β-unsaturated/α-hetero) is 1. The normalized spacial score (nSPS) is 12.9. The fourth-order valence-corrected chi connectivity index (χ4v) is 2.53. The van der Waals surface area contributed by atoms with Crippen molar-refractivity contribution in [2.75, 3.05) is 0 Å². The number of ketones is 1. The second kappa shape index (κ2) is 5.74. The van der Waals surface area contributed by atoms with Gasteiger partial charge in [-0.05, 0) is 19.1 Å². The minimum Gasteiger partial charge on any atom is -0.480 e. The average Bonchev–Trinajstić information content (AvgIpc) is 2.28. The van der Waals surface area contributed by atoms with Crippen molar-refractivity contribution < 1.29 is 23.1 Å². The largest absolute Gasteiger partial charge is 0.480 e. The molecule has 0 aliphatic heterocycles. The van der Waals surface area contributed by atoms with Crippen LogP contribution in [0.25, 0.3) is 0 Å². The quantitative estimate of drug-likeness (QED) is 0.779. The fraction of sp³-hybridized carbons (Fsp3) is 0.273. The van der Waals surface area contributed by atoms with Gasteiger partial charge in [-0.2, -0.15) is 4.72 Å². The first-order chi connectivity index (χ1) is 8.33. The van der Waals surface area contributed by atoms with Gasteiger partial charge in [-0.15, -0.1) is 0 Å². The number of carbonyl (C=O) groups is 2. The van der Waals surface area contributed by atoms with Crippen molar-refractivity contribution in [3.8, 4) is 0 Å². The van der Waals surface area contributed by atoms with Crippen LogP contribution < -0.4 is 4.72 Å². The number of hydrogen-bond acceptors (Lipinski definition) is 4. The second-order valence-electron chi connectivity index (χ2n) is 3.73. The smallest absolute Gasteiger partial charge is 0.322 e. The van der Waals surface area contributed by atoms with Crippen LogP contribution in [0.3, 0.4) is 0 Å². The molecule has 0 aromatic heterocycles. The van der Waals surface area contributed by atoms with Gasteiger partial charge in [-0.25, -0.2) is 8.42 Å². The van der Waals surface area contributed by atoms with Crippen LogP contribution in [0.5, 0.6) is 0 Å². The van der Waals surface area contributed by atoms with Gasteiger partial charge in [0.15, 0.2) is 0 Å². The highest BCUT2D eigenvalue weighted by Crippen LogP contribution is 2.09. The molecule has 0 amide bonds. The lowest BCUT2D eigenvalue weighted by Gasteiger charge is -2.13. The lowest BCUT2D eigenvalue weighted by Crippen LogP contribution is -2.41. The molecule has 1 unspecified atom stereocenters. The van der Waals surface area contributed by atoms with Crippen LogP contribution in [0.1, 0.15) is 13.3 Å². The van der Waals surface area contributed by atoms with Gasteiger partial charge in [0.25, 0.3) is 0 Å². The van der Waals surface area contributed by atoms with E-state index in [1.54, 1.807) is 6.07 Å². The highest BCUT2D eigenvalue weighted by molar-refractivity contribution is 7.89. The maximum atomic E-state index is 11.8. The number of benzene rings is 1. The summed E-state index contributed by atoms with van der Waals surface area (Å²) >= 11 is 0. The number of aliphatic carboxylic acids is 1. The highest BCUT2D eigenvalue weighted by atomic mass is 32.2. The molecular formula is C11H13NO5S. The third-order valence-electron chi connectivity index (χ3n) is 2.14. The molecule has 0 aliphatic rings. The molecule has 0 radical (unpaired) electrons. The Morgan fingerprint density at radius 3 is 2.28 bits per heavy atom. The molecule has 0 fully saturated rings. The van der Waals surface area contributed by atoms with E-state index in [9.17, 15) is 18.0 Å². The van der Waals surface area contributed by atoms with Crippen molar-refractivity contribution in [3.63, 3.8) is 0 Å². The highest BCUT2D eigenvalue weighted by Gasteiger charge is 2.26. The maximum Gasteiger partial charge on any atom is 0.322 e. The lowest BCUT2D eigenvalue weighted by atomic mass is 10.2. The van der Waals surface area contributed by atoms with Crippen molar-refractivity contribution in [3.05, 3.63) is 30.3 Å². The van der Waals surface area contributed by atoms with Gasteiger partial charge in [-0.3, -0.25) is 9.59 Å². The SMILES string of the molecule is CC(=O)CC(NS(=O)(=O)c1ccccc1)C(=O)O. The van der Waals surface area contributed by atoms with E-state index in [1.807, 2.05) is 4.72 Å². The van der Waals surface area contributed by atoms with E-state index in [4.69, 9.17) is 5.11 Å². The van der Waals surface area contributed by atoms with Crippen LogP contribution in [-0.2, 0) is 19.6 Å². The van der Waals surface area contributed by atoms with Crippen LogP contribution in [0.4, 0.5) is 0 Å². The number of carbonyl (C=O) groups excluding carboxylic acids is 1. The third kappa shape index (κ3) is 3.94. The summed E-state index contributed by atoms with van der Waals surface area (Å²) in [5.41, 5.74) is 0. The van der Waals surface area contributed by atoms with Crippen molar-refractivity contribution in [1.82, 2.24) is 4.72 Å². The van der Waals surface area contributed by atoms with E-state index in [1.165, 1.54) is 31.2 Å². The molecule has 1 rings (SSSR count). The summed E-state index contributed by atoms with van der Waals surface area (Å²) in [6.45, 7) is 1.20. The molecule has 1 aromatic rings. The number of rotatable bonds is 6. The summed E-state index contributed by atoms with van der Waals surface area (Å²) < 4.78 is 25.7. The number of sulfonamides is 1. The van der Waals surface area contributed by atoms with Crippen LogP contribution in [-0.4, -0.2) is 31.3 Å². The number of carboxylic acid groups (broad SMARTS) is 1. The summed E-state index contributed by atoms with van der Waals surface area (Å²) in [7, 11) is -3.93. The van der Waals surface area contributed by atoms with E-state index < -0.39 is 27.8 Å². The second-order valence-corrected chi connectivity index (χ2v) is 5.45. The van der Waals surface area contributed by atoms with Gasteiger partial charge < -0.3 is 5.11 Å². The van der Waals surface area contributed by atoms with E-state index in [2.05, 4.69) is 0 Å². The zero-order valence-electron chi connectivity index (χ0n) is 9.66. The van der Waals surface area contributed by atoms with E-state index in [-0.39, 0.29) is 11.3 Å². The molecule has 0 saturated carbocycles. The predicted octanol–water partition coefficient (Wildman–Crippen LogP) is 0.397. The van der Waals surface area contributed by atoms with Gasteiger partial charge in [0.05, 0.1) is 4.90 Å². The summed E-state index contributed by atoms with van der Waals surface area (Å²) in [6.07, 6.45) is -0.388. The first kappa shape index (κ1) is 14.3. The summed E-state index contributed by atoms with van der Waals surface area (Å²) in [5, 5.41) is 8.85. The zero-order valence-corrected chi connectivity index (χ0v) is 10.5. The molecule has 2 N–H and O–H groups in total. The van der Waals surface area contributed by atoms with E-state index in [0.717, 1.165) is 0 Å². The molecular weight excluding hydrogens is 258 g/mol. The topological polar surface area (TPSA) is 101 Å². The average molecular weight is 271 g/mol. The van der Waals surface area contributed by atoms with Crippen molar-refractivity contribution in [2.24, 2.45) is 0 Å². The fourth-order valence-electron chi connectivity index (χ4n) is 1.32. The molecule has 7 heteroatoms. The molecule has 1 atom stereocenters. The Labute approximate surface area is 105 Å². The minimum absolute atomic E-state index is 0.0418. The van der Waals surface area contributed by atoms with E-state index in [0.29, 0.717) is 0 Å². The van der Waals surface area contributed by atoms with Gasteiger partial charge in [0, 0.05) is 6.42 Å². The van der Waals surface area contributed by atoms with Gasteiger partial charge in [0.1, 0.15) is 11.8 Å². The Bertz CT molecular complexity index is 538. The molecule has 0 saturated heterocycles. The Kier molecular flexibility index (Phi) is 4.57. The maximum absolute atomic E-state index is 11.8. The van der Waals surface area contributed by atoms with Gasteiger partial charge >= 0.3 is 5.97 Å². The molecule has 1 aromatic carbocycles. The van der Waals surface area contributed by atoms with Crippen molar-refractivity contribution in [1.29, 1.82) is 0 Å². The summed E-state index contributed by atoms with van der Waals surface area (Å²) in [6, 6.07) is 5.92. The van der Waals surface area contributed by atoms with Crippen molar-refractivity contribution in [2.45, 2.75) is 24.3 Å². The third-order valence-corrected chi connectivity index (χ3v) is 3.63. The van der Waals surface area contributed by atoms with Crippen LogP contribution in [0.2, 0.25) is 0 Å². The summed E-state index contributed by atoms with van der Waals surface area (Å²) in [4.78, 5) is 21.7. The van der Waals surface area contributed by atoms with Crippen LogP contribution in [0, 0.1) is 0 Å². The summed E-state index contributed by atoms with van der Waals surface area (Å²) in [5.74, 6) is -1.79. The molecule has 0 bridgehead atoms. The number of hydrogen-bond donors (Lipinski definition) is 2. The Hall–Kier alpha value is -1.73. The Morgan fingerprint density at radius 2 is 1.83 bits per heavy atom. The van der Waals surface area contributed by atoms with Gasteiger partial charge in [0.2, 0.25) is 10.0 Å². The standard InChI is InChI=1S/C11H13NO5S/c1-8(13)7-10(11(14)15)12-18(16,17)9-5-3-2-4-6-9/h2-6,10,12H,7H2,1H3,(H,14,15). The molecule has 0 aliphatic carbocycles. The van der Waals surface area contributed by atoms with Crippen LogP contribution >= 0.6 is 0 Å². The Morgan fingerprint density at radius 1 is 1.28 bits per heavy atom. The molecule has 98 valence electrons. The molecule has 18 heavy (non-hydrogen) atoms. The lowest BCUT2D eigenvalue weighted by molar-refractivity contribution is -0.140. The molecule has 6 nitrogen and oxygen atoms in total. The number of nitrogens with one attached hydrogen (secondary N) is 1.